The highest BCUT2D eigenvalue weighted by Crippen LogP contribution is 2.42. The van der Waals surface area contributed by atoms with E-state index in [0.29, 0.717) is 12.0 Å². The normalized spacial score (nSPS) is 23.5. The first-order valence-electron chi connectivity index (χ1n) is 7.71. The summed E-state index contributed by atoms with van der Waals surface area (Å²) in [4.78, 5) is 12.2. The average molecular weight is 310 g/mol. The van der Waals surface area contributed by atoms with E-state index in [1.54, 1.807) is 0 Å². The second-order valence-corrected chi connectivity index (χ2v) is 6.29. The van der Waals surface area contributed by atoms with Crippen molar-refractivity contribution in [1.29, 1.82) is 0 Å². The van der Waals surface area contributed by atoms with E-state index in [-0.39, 0.29) is 24.4 Å². The number of ether oxygens (including phenoxy) is 1. The number of benzene rings is 1. The minimum absolute atomic E-state index is 0. The summed E-state index contributed by atoms with van der Waals surface area (Å²) in [6, 6.07) is 9.77. The van der Waals surface area contributed by atoms with Crippen molar-refractivity contribution in [3.63, 3.8) is 0 Å². The number of halogens is 1. The summed E-state index contributed by atoms with van der Waals surface area (Å²) in [6.45, 7) is 1.36. The van der Waals surface area contributed by atoms with Crippen LogP contribution in [0.3, 0.4) is 0 Å². The van der Waals surface area contributed by atoms with Gasteiger partial charge >= 0.3 is 5.97 Å². The Kier molecular flexibility index (Phi) is 5.65. The Labute approximate surface area is 132 Å². The quantitative estimate of drug-likeness (QED) is 0.869. The van der Waals surface area contributed by atoms with Crippen molar-refractivity contribution in [3.8, 4) is 0 Å². The highest BCUT2D eigenvalue weighted by Gasteiger charge is 2.42. The molecule has 1 spiro atoms. The fourth-order valence-corrected chi connectivity index (χ4v) is 3.60. The molecule has 3 nitrogen and oxygen atoms in total. The van der Waals surface area contributed by atoms with Gasteiger partial charge in [0.2, 0.25) is 0 Å². The van der Waals surface area contributed by atoms with Crippen molar-refractivity contribution in [2.75, 3.05) is 6.54 Å². The molecule has 21 heavy (non-hydrogen) atoms. The SMILES string of the molecule is Cl.O=C(OCc1ccccc1)[C@@H]1CC2(CCCCC2)CN1. The van der Waals surface area contributed by atoms with Gasteiger partial charge in [0.25, 0.3) is 0 Å². The Morgan fingerprint density at radius 2 is 1.90 bits per heavy atom. The molecular weight excluding hydrogens is 286 g/mol. The van der Waals surface area contributed by atoms with Crippen molar-refractivity contribution >= 4 is 18.4 Å². The molecule has 1 aliphatic carbocycles. The largest absolute Gasteiger partial charge is 0.460 e. The minimum atomic E-state index is -0.100. The lowest BCUT2D eigenvalue weighted by atomic mass is 9.73. The van der Waals surface area contributed by atoms with Gasteiger partial charge in [-0.2, -0.15) is 0 Å². The molecule has 2 aliphatic rings. The zero-order chi connectivity index (χ0) is 13.8. The molecule has 1 aromatic carbocycles. The van der Waals surface area contributed by atoms with Crippen LogP contribution in [0.25, 0.3) is 0 Å². The van der Waals surface area contributed by atoms with E-state index < -0.39 is 0 Å². The molecule has 1 heterocycles. The average Bonchev–Trinajstić information content (AvgIpc) is 2.90. The van der Waals surface area contributed by atoms with Gasteiger partial charge in [-0.3, -0.25) is 4.79 Å². The predicted octanol–water partition coefficient (Wildman–Crippen LogP) is 3.46. The number of carbonyl (C=O) groups excluding carboxylic acids is 1. The number of hydrogen-bond donors (Lipinski definition) is 1. The molecule has 0 amide bonds. The van der Waals surface area contributed by atoms with Gasteiger partial charge in [0.1, 0.15) is 12.6 Å². The van der Waals surface area contributed by atoms with Crippen LogP contribution in [0.5, 0.6) is 0 Å². The fourth-order valence-electron chi connectivity index (χ4n) is 3.60. The molecule has 1 saturated heterocycles. The van der Waals surface area contributed by atoms with Crippen LogP contribution in [0.4, 0.5) is 0 Å². The Bertz CT molecular complexity index is 457. The molecule has 3 rings (SSSR count). The third-order valence-corrected chi connectivity index (χ3v) is 4.78. The Morgan fingerprint density at radius 1 is 1.19 bits per heavy atom. The Hall–Kier alpha value is -1.06. The number of rotatable bonds is 3. The van der Waals surface area contributed by atoms with Gasteiger partial charge < -0.3 is 10.1 Å². The third-order valence-electron chi connectivity index (χ3n) is 4.78. The predicted molar refractivity (Wildman–Crippen MR) is 85.4 cm³/mol. The molecule has 4 heteroatoms. The molecule has 1 aromatic rings. The summed E-state index contributed by atoms with van der Waals surface area (Å²) in [7, 11) is 0. The molecule has 1 aliphatic heterocycles. The van der Waals surface area contributed by atoms with E-state index in [1.165, 1.54) is 32.1 Å². The molecule has 116 valence electrons. The molecule has 1 saturated carbocycles. The summed E-state index contributed by atoms with van der Waals surface area (Å²) in [5.41, 5.74) is 1.42. The van der Waals surface area contributed by atoms with Crippen molar-refractivity contribution in [1.82, 2.24) is 5.32 Å². The Morgan fingerprint density at radius 3 is 2.62 bits per heavy atom. The molecular formula is C17H24ClNO2. The molecule has 0 bridgehead atoms. The third kappa shape index (κ3) is 3.98. The van der Waals surface area contributed by atoms with Gasteiger partial charge in [0.05, 0.1) is 0 Å². The second kappa shape index (κ2) is 7.28. The highest BCUT2D eigenvalue weighted by atomic mass is 35.5. The molecule has 1 atom stereocenters. The lowest BCUT2D eigenvalue weighted by Gasteiger charge is -2.32. The van der Waals surface area contributed by atoms with Crippen LogP contribution >= 0.6 is 12.4 Å². The number of hydrogen-bond acceptors (Lipinski definition) is 3. The lowest BCUT2D eigenvalue weighted by Crippen LogP contribution is -2.32. The first-order valence-corrected chi connectivity index (χ1v) is 7.71. The fraction of sp³-hybridized carbons (Fsp3) is 0.588. The summed E-state index contributed by atoms with van der Waals surface area (Å²) in [5.74, 6) is -0.0868. The zero-order valence-corrected chi connectivity index (χ0v) is 13.2. The monoisotopic (exact) mass is 309 g/mol. The van der Waals surface area contributed by atoms with Crippen LogP contribution in [0.2, 0.25) is 0 Å². The lowest BCUT2D eigenvalue weighted by molar-refractivity contribution is -0.147. The molecule has 0 aromatic heterocycles. The van der Waals surface area contributed by atoms with Crippen molar-refractivity contribution in [2.45, 2.75) is 51.2 Å². The zero-order valence-electron chi connectivity index (χ0n) is 12.3. The summed E-state index contributed by atoms with van der Waals surface area (Å²) in [6.07, 6.45) is 7.47. The molecule has 0 radical (unpaired) electrons. The summed E-state index contributed by atoms with van der Waals surface area (Å²) < 4.78 is 5.44. The minimum Gasteiger partial charge on any atom is -0.460 e. The number of carbonyl (C=O) groups is 1. The second-order valence-electron chi connectivity index (χ2n) is 6.29. The first-order chi connectivity index (χ1) is 9.77. The number of esters is 1. The van der Waals surface area contributed by atoms with E-state index in [2.05, 4.69) is 5.32 Å². The van der Waals surface area contributed by atoms with E-state index >= 15 is 0 Å². The summed E-state index contributed by atoms with van der Waals surface area (Å²) in [5, 5.41) is 3.38. The summed E-state index contributed by atoms with van der Waals surface area (Å²) >= 11 is 0. The maximum atomic E-state index is 12.2. The van der Waals surface area contributed by atoms with Gasteiger partial charge in [0.15, 0.2) is 0 Å². The number of nitrogens with one attached hydrogen (secondary N) is 1. The van der Waals surface area contributed by atoms with Crippen molar-refractivity contribution < 1.29 is 9.53 Å². The molecule has 1 N–H and O–H groups in total. The maximum Gasteiger partial charge on any atom is 0.323 e. The Balaban J connectivity index is 0.00000161. The van der Waals surface area contributed by atoms with Gasteiger partial charge in [-0.05, 0) is 30.2 Å². The van der Waals surface area contributed by atoms with Gasteiger partial charge in [-0.25, -0.2) is 0 Å². The van der Waals surface area contributed by atoms with Crippen molar-refractivity contribution in [3.05, 3.63) is 35.9 Å². The standard InChI is InChI=1S/C17H23NO2.ClH/c19-16(20-12-14-7-3-1-4-8-14)15-11-17(13-18-15)9-5-2-6-10-17;/h1,3-4,7-8,15,18H,2,5-6,9-13H2;1H/t15-;/m0./s1. The van der Waals surface area contributed by atoms with Crippen LogP contribution in [0.1, 0.15) is 44.1 Å². The topological polar surface area (TPSA) is 38.3 Å². The molecule has 0 unspecified atom stereocenters. The van der Waals surface area contributed by atoms with E-state index in [1.807, 2.05) is 30.3 Å². The van der Waals surface area contributed by atoms with Gasteiger partial charge in [-0.15, -0.1) is 12.4 Å². The van der Waals surface area contributed by atoms with Gasteiger partial charge in [-0.1, -0.05) is 49.6 Å². The van der Waals surface area contributed by atoms with E-state index in [0.717, 1.165) is 18.5 Å². The van der Waals surface area contributed by atoms with Crippen molar-refractivity contribution in [2.24, 2.45) is 5.41 Å². The van der Waals surface area contributed by atoms with Crippen LogP contribution in [-0.2, 0) is 16.1 Å². The van der Waals surface area contributed by atoms with Crippen LogP contribution in [0, 0.1) is 5.41 Å². The highest BCUT2D eigenvalue weighted by molar-refractivity contribution is 5.85. The van der Waals surface area contributed by atoms with Crippen LogP contribution in [-0.4, -0.2) is 18.6 Å². The smallest absolute Gasteiger partial charge is 0.323 e. The van der Waals surface area contributed by atoms with Crippen LogP contribution in [0.15, 0.2) is 30.3 Å². The maximum absolute atomic E-state index is 12.2. The van der Waals surface area contributed by atoms with E-state index in [9.17, 15) is 4.79 Å². The molecule has 2 fully saturated rings. The first kappa shape index (κ1) is 16.3. The van der Waals surface area contributed by atoms with Crippen LogP contribution < -0.4 is 5.32 Å². The van der Waals surface area contributed by atoms with Gasteiger partial charge in [0, 0.05) is 6.54 Å². The van der Waals surface area contributed by atoms with E-state index in [4.69, 9.17) is 4.74 Å².